The molecule has 0 saturated carbocycles. The Balaban J connectivity index is 0.000000451. The molecule has 1 heterocycles. The van der Waals surface area contributed by atoms with Crippen LogP contribution in [0.25, 0.3) is 0 Å². The molecule has 0 aromatic heterocycles. The Bertz CT molecular complexity index is 891. The topological polar surface area (TPSA) is 107 Å². The summed E-state index contributed by atoms with van der Waals surface area (Å²) in [4.78, 5) is 29.5. The van der Waals surface area contributed by atoms with Gasteiger partial charge in [0.2, 0.25) is 0 Å². The van der Waals surface area contributed by atoms with Crippen molar-refractivity contribution in [1.29, 1.82) is 0 Å². The van der Waals surface area contributed by atoms with Crippen LogP contribution in [0.5, 0.6) is 0 Å². The van der Waals surface area contributed by atoms with Crippen LogP contribution in [0.3, 0.4) is 0 Å². The average Bonchev–Trinajstić information content (AvgIpc) is 2.70. The molecule has 1 aliphatic rings. The third-order valence-corrected chi connectivity index (χ3v) is 5.43. The number of phosphoric ester groups is 1. The molecule has 1 saturated heterocycles. The molecular weight excluding hydrogens is 450 g/mol. The maximum Gasteiger partial charge on any atom is 0.490 e. The van der Waals surface area contributed by atoms with Gasteiger partial charge >= 0.3 is 20.0 Å². The number of carboxylic acids is 1. The molecule has 32 heavy (non-hydrogen) atoms. The first-order valence-corrected chi connectivity index (χ1v) is 11.3. The molecule has 3 N–H and O–H groups in total. The molecule has 0 radical (unpaired) electrons. The van der Waals surface area contributed by atoms with Crippen LogP contribution in [0.2, 0.25) is 0 Å². The van der Waals surface area contributed by atoms with Crippen LogP contribution >= 0.6 is 7.82 Å². The van der Waals surface area contributed by atoms with E-state index in [4.69, 9.17) is 24.2 Å². The van der Waals surface area contributed by atoms with Crippen LogP contribution in [-0.2, 0) is 26.8 Å². The van der Waals surface area contributed by atoms with E-state index >= 15 is 0 Å². The number of carboxylic acid groups (broad SMARTS) is 1. The van der Waals surface area contributed by atoms with Crippen molar-refractivity contribution in [3.8, 4) is 0 Å². The lowest BCUT2D eigenvalue weighted by Gasteiger charge is -2.39. The Morgan fingerprint density at radius 2 is 1.53 bits per heavy atom. The molecule has 0 bridgehead atoms. The van der Waals surface area contributed by atoms with Crippen LogP contribution in [0, 0.1) is 0 Å². The largest absolute Gasteiger partial charge is 0.490 e. The van der Waals surface area contributed by atoms with Gasteiger partial charge in [0.25, 0.3) is 0 Å². The van der Waals surface area contributed by atoms with Gasteiger partial charge in [-0.25, -0.2) is 9.36 Å². The Labute approximate surface area is 183 Å². The third kappa shape index (κ3) is 9.50. The first kappa shape index (κ1) is 26.0. The fourth-order valence-corrected chi connectivity index (χ4v) is 4.06. The van der Waals surface area contributed by atoms with E-state index in [-0.39, 0.29) is 6.04 Å². The van der Waals surface area contributed by atoms with E-state index in [1.807, 2.05) is 36.4 Å². The van der Waals surface area contributed by atoms with E-state index in [1.54, 1.807) is 0 Å². The van der Waals surface area contributed by atoms with Gasteiger partial charge < -0.3 is 14.9 Å². The van der Waals surface area contributed by atoms with Gasteiger partial charge in [-0.05, 0) is 30.4 Å². The number of benzene rings is 2. The number of nitrogens with zero attached hydrogens (tertiary/aromatic N) is 1. The fourth-order valence-electron chi connectivity index (χ4n) is 3.48. The molecule has 2 aromatic carbocycles. The maximum absolute atomic E-state index is 11.2. The molecule has 0 aliphatic carbocycles. The number of piperidine rings is 1. The Morgan fingerprint density at radius 1 is 1.03 bits per heavy atom. The number of rotatable bonds is 6. The molecular formula is C21H25F3NO6P. The van der Waals surface area contributed by atoms with Crippen LogP contribution in [0.15, 0.2) is 60.7 Å². The van der Waals surface area contributed by atoms with Gasteiger partial charge in [0.1, 0.15) is 0 Å². The monoisotopic (exact) mass is 475 g/mol. The Kier molecular flexibility index (Phi) is 9.42. The van der Waals surface area contributed by atoms with Crippen molar-refractivity contribution in [2.24, 2.45) is 0 Å². The molecule has 1 aliphatic heterocycles. The number of halogens is 3. The second kappa shape index (κ2) is 11.6. The second-order valence-electron chi connectivity index (χ2n) is 7.34. The highest BCUT2D eigenvalue weighted by molar-refractivity contribution is 7.46. The molecule has 176 valence electrons. The summed E-state index contributed by atoms with van der Waals surface area (Å²) in [5.41, 5.74) is 2.47. The zero-order chi connectivity index (χ0) is 23.8. The highest BCUT2D eigenvalue weighted by atomic mass is 31.2. The first-order chi connectivity index (χ1) is 14.9. The van der Waals surface area contributed by atoms with Crippen molar-refractivity contribution in [2.45, 2.75) is 44.1 Å². The van der Waals surface area contributed by atoms with Crippen LogP contribution in [-0.4, -0.2) is 50.6 Å². The highest BCUT2D eigenvalue weighted by Crippen LogP contribution is 2.41. The quantitative estimate of drug-likeness (QED) is 0.542. The van der Waals surface area contributed by atoms with Gasteiger partial charge in [-0.15, -0.1) is 0 Å². The van der Waals surface area contributed by atoms with E-state index in [1.165, 1.54) is 11.1 Å². The van der Waals surface area contributed by atoms with Crippen molar-refractivity contribution in [3.63, 3.8) is 0 Å². The lowest BCUT2D eigenvalue weighted by molar-refractivity contribution is -0.192. The number of alkyl halides is 3. The number of likely N-dealkylation sites (tertiary alicyclic amines) is 1. The van der Waals surface area contributed by atoms with Gasteiger partial charge in [-0.1, -0.05) is 60.7 Å². The summed E-state index contributed by atoms with van der Waals surface area (Å²) in [6.45, 7) is 1.60. The van der Waals surface area contributed by atoms with Gasteiger partial charge in [-0.2, -0.15) is 13.2 Å². The van der Waals surface area contributed by atoms with Crippen LogP contribution in [0.4, 0.5) is 13.2 Å². The first-order valence-electron chi connectivity index (χ1n) is 9.80. The van der Waals surface area contributed by atoms with Gasteiger partial charge in [-0.3, -0.25) is 9.42 Å². The fraction of sp³-hybridized carbons (Fsp3) is 0.381. The van der Waals surface area contributed by atoms with Crippen molar-refractivity contribution >= 4 is 13.8 Å². The summed E-state index contributed by atoms with van der Waals surface area (Å²) in [6.07, 6.45) is -3.40. The van der Waals surface area contributed by atoms with E-state index in [0.717, 1.165) is 19.5 Å². The van der Waals surface area contributed by atoms with E-state index < -0.39 is 26.1 Å². The normalized spacial score (nSPS) is 19.7. The number of carbonyl (C=O) groups is 1. The highest BCUT2D eigenvalue weighted by Gasteiger charge is 2.38. The average molecular weight is 475 g/mol. The van der Waals surface area contributed by atoms with Gasteiger partial charge in [0.05, 0.1) is 6.10 Å². The zero-order valence-corrected chi connectivity index (χ0v) is 18.0. The lowest BCUT2D eigenvalue weighted by atomic mass is 9.93. The molecule has 2 unspecified atom stereocenters. The summed E-state index contributed by atoms with van der Waals surface area (Å²) in [7, 11) is -4.45. The van der Waals surface area contributed by atoms with Crippen molar-refractivity contribution in [2.75, 3.05) is 6.54 Å². The molecule has 3 rings (SSSR count). The van der Waals surface area contributed by atoms with Crippen molar-refractivity contribution in [1.82, 2.24) is 4.90 Å². The van der Waals surface area contributed by atoms with Gasteiger partial charge in [0, 0.05) is 19.1 Å². The Morgan fingerprint density at radius 3 is 2.00 bits per heavy atom. The Hall–Kier alpha value is -2.23. The number of aliphatic carboxylic acids is 1. The molecule has 11 heteroatoms. The van der Waals surface area contributed by atoms with Crippen molar-refractivity contribution in [3.05, 3.63) is 71.8 Å². The van der Waals surface area contributed by atoms with E-state index in [9.17, 15) is 17.7 Å². The third-order valence-electron chi connectivity index (χ3n) is 4.86. The standard InChI is InChI=1S/C19H24NO4P.C2HF3O2/c21-25(22,23)24-19-11-12-20(15-17-9-5-2-6-10-17)18(14-19)13-16-7-3-1-4-8-16;3-2(4,5)1(6)7/h1-10,18-19H,11-15H2,(H2,21,22,23);(H,6,7). The van der Waals surface area contributed by atoms with E-state index in [0.29, 0.717) is 12.8 Å². The van der Waals surface area contributed by atoms with Crippen LogP contribution in [0.1, 0.15) is 24.0 Å². The predicted octanol–water partition coefficient (Wildman–Crippen LogP) is 4.00. The summed E-state index contributed by atoms with van der Waals surface area (Å²) < 4.78 is 47.9. The minimum Gasteiger partial charge on any atom is -0.475 e. The molecule has 7 nitrogen and oxygen atoms in total. The second-order valence-corrected chi connectivity index (χ2v) is 8.54. The summed E-state index contributed by atoms with van der Waals surface area (Å²) >= 11 is 0. The predicted molar refractivity (Wildman–Crippen MR) is 111 cm³/mol. The minimum atomic E-state index is -5.08. The number of hydrogen-bond donors (Lipinski definition) is 3. The maximum atomic E-state index is 11.2. The lowest BCUT2D eigenvalue weighted by Crippen LogP contribution is -2.45. The SMILES string of the molecule is O=C(O)C(F)(F)F.O=P(O)(O)OC1CCN(Cc2ccccc2)C(Cc2ccccc2)C1. The van der Waals surface area contributed by atoms with E-state index in [2.05, 4.69) is 29.2 Å². The molecule has 2 aromatic rings. The molecule has 2 atom stereocenters. The number of hydrogen-bond acceptors (Lipinski definition) is 4. The summed E-state index contributed by atoms with van der Waals surface area (Å²) in [5.74, 6) is -2.76. The molecule has 0 spiro atoms. The van der Waals surface area contributed by atoms with Crippen LogP contribution < -0.4 is 0 Å². The minimum absolute atomic E-state index is 0.188. The summed E-state index contributed by atoms with van der Waals surface area (Å²) in [6, 6.07) is 20.7. The molecule has 1 fully saturated rings. The number of phosphoric acid groups is 1. The van der Waals surface area contributed by atoms with Gasteiger partial charge in [0.15, 0.2) is 0 Å². The van der Waals surface area contributed by atoms with Crippen molar-refractivity contribution < 1.29 is 41.9 Å². The zero-order valence-electron chi connectivity index (χ0n) is 17.1. The summed E-state index contributed by atoms with van der Waals surface area (Å²) in [5, 5.41) is 7.12. The smallest absolute Gasteiger partial charge is 0.475 e. The molecule has 0 amide bonds.